The second kappa shape index (κ2) is 10.3. The Labute approximate surface area is 153 Å². The Bertz CT molecular complexity index is 686. The summed E-state index contributed by atoms with van der Waals surface area (Å²) in [7, 11) is 0. The largest absolute Gasteiger partial charge is 0.491 e. The van der Waals surface area contributed by atoms with E-state index in [9.17, 15) is 4.79 Å². The van der Waals surface area contributed by atoms with Crippen molar-refractivity contribution in [2.24, 2.45) is 0 Å². The third-order valence-corrected chi connectivity index (χ3v) is 3.51. The molecular weight excluding hydrogens is 336 g/mol. The van der Waals surface area contributed by atoms with Crippen molar-refractivity contribution >= 4 is 5.97 Å². The van der Waals surface area contributed by atoms with Gasteiger partial charge in [0, 0.05) is 6.61 Å². The Morgan fingerprint density at radius 3 is 2.31 bits per heavy atom. The molecule has 0 radical (unpaired) electrons. The first-order valence-corrected chi connectivity index (χ1v) is 8.46. The highest BCUT2D eigenvalue weighted by molar-refractivity contribution is 5.68. The summed E-state index contributed by atoms with van der Waals surface area (Å²) in [5.74, 6) is 0.957. The van der Waals surface area contributed by atoms with Gasteiger partial charge in [-0.15, -0.1) is 0 Å². The van der Waals surface area contributed by atoms with Crippen LogP contribution in [0.15, 0.2) is 48.5 Å². The molecule has 0 aliphatic heterocycles. The molecule has 0 saturated carbocycles. The van der Waals surface area contributed by atoms with E-state index in [1.54, 1.807) is 18.2 Å². The quantitative estimate of drug-likeness (QED) is 0.663. The van der Waals surface area contributed by atoms with E-state index in [0.29, 0.717) is 31.3 Å². The SMILES string of the molecule is CCOC(COc1ccccc1)COc1ccc(OCC(=O)O)c(C)c1. The van der Waals surface area contributed by atoms with Gasteiger partial charge in [-0.3, -0.25) is 0 Å². The first-order valence-electron chi connectivity index (χ1n) is 8.46. The van der Waals surface area contributed by atoms with Gasteiger partial charge in [0.2, 0.25) is 0 Å². The van der Waals surface area contributed by atoms with Crippen LogP contribution in [0.5, 0.6) is 17.2 Å². The molecule has 0 heterocycles. The number of carboxylic acids is 1. The maximum atomic E-state index is 10.6. The minimum Gasteiger partial charge on any atom is -0.491 e. The molecule has 140 valence electrons. The summed E-state index contributed by atoms with van der Waals surface area (Å²) in [6, 6.07) is 14.8. The van der Waals surface area contributed by atoms with Crippen molar-refractivity contribution in [1.82, 2.24) is 0 Å². The van der Waals surface area contributed by atoms with E-state index < -0.39 is 5.97 Å². The fourth-order valence-corrected chi connectivity index (χ4v) is 2.29. The molecule has 0 spiro atoms. The number of carboxylic acid groups (broad SMARTS) is 1. The number of aliphatic carboxylic acids is 1. The van der Waals surface area contributed by atoms with E-state index >= 15 is 0 Å². The molecule has 0 aliphatic rings. The molecule has 0 bridgehead atoms. The van der Waals surface area contributed by atoms with Crippen molar-refractivity contribution in [1.29, 1.82) is 0 Å². The summed E-state index contributed by atoms with van der Waals surface area (Å²) in [5.41, 5.74) is 0.803. The van der Waals surface area contributed by atoms with E-state index in [2.05, 4.69) is 0 Å². The van der Waals surface area contributed by atoms with Crippen LogP contribution in [0.2, 0.25) is 0 Å². The van der Waals surface area contributed by atoms with Gasteiger partial charge in [0.1, 0.15) is 36.6 Å². The third kappa shape index (κ3) is 6.64. The van der Waals surface area contributed by atoms with Crippen LogP contribution in [-0.2, 0) is 9.53 Å². The molecule has 0 aliphatic carbocycles. The lowest BCUT2D eigenvalue weighted by atomic mass is 10.2. The zero-order valence-electron chi connectivity index (χ0n) is 15.0. The zero-order valence-corrected chi connectivity index (χ0v) is 15.0. The van der Waals surface area contributed by atoms with Gasteiger partial charge in [-0.2, -0.15) is 0 Å². The van der Waals surface area contributed by atoms with Gasteiger partial charge in [0.15, 0.2) is 6.61 Å². The van der Waals surface area contributed by atoms with Crippen LogP contribution in [0, 0.1) is 6.92 Å². The lowest BCUT2D eigenvalue weighted by molar-refractivity contribution is -0.139. The van der Waals surface area contributed by atoms with Crippen LogP contribution in [0.25, 0.3) is 0 Å². The summed E-state index contributed by atoms with van der Waals surface area (Å²) >= 11 is 0. The molecule has 2 aromatic carbocycles. The van der Waals surface area contributed by atoms with Crippen molar-refractivity contribution in [2.45, 2.75) is 20.0 Å². The monoisotopic (exact) mass is 360 g/mol. The van der Waals surface area contributed by atoms with Crippen LogP contribution in [0.3, 0.4) is 0 Å². The molecule has 0 aromatic heterocycles. The Hall–Kier alpha value is -2.73. The minimum absolute atomic E-state index is 0.205. The highest BCUT2D eigenvalue weighted by Crippen LogP contribution is 2.23. The van der Waals surface area contributed by atoms with Crippen molar-refractivity contribution in [3.8, 4) is 17.2 Å². The van der Waals surface area contributed by atoms with E-state index in [1.165, 1.54) is 0 Å². The van der Waals surface area contributed by atoms with Crippen LogP contribution in [-0.4, -0.2) is 43.6 Å². The van der Waals surface area contributed by atoms with E-state index in [4.69, 9.17) is 24.1 Å². The smallest absolute Gasteiger partial charge is 0.341 e. The molecular formula is C20H24O6. The Morgan fingerprint density at radius 1 is 1.00 bits per heavy atom. The second-order valence-corrected chi connectivity index (χ2v) is 5.62. The van der Waals surface area contributed by atoms with Crippen molar-refractivity contribution in [3.05, 3.63) is 54.1 Å². The minimum atomic E-state index is -1.01. The summed E-state index contributed by atoms with van der Waals surface area (Å²) in [5, 5.41) is 8.67. The van der Waals surface area contributed by atoms with Gasteiger partial charge in [0.25, 0.3) is 0 Å². The number of para-hydroxylation sites is 1. The van der Waals surface area contributed by atoms with Crippen LogP contribution < -0.4 is 14.2 Å². The molecule has 6 heteroatoms. The molecule has 1 N–H and O–H groups in total. The normalized spacial score (nSPS) is 11.6. The average Bonchev–Trinajstić information content (AvgIpc) is 2.64. The van der Waals surface area contributed by atoms with E-state index in [0.717, 1.165) is 11.3 Å². The summed E-state index contributed by atoms with van der Waals surface area (Å²) in [6.07, 6.45) is -0.205. The van der Waals surface area contributed by atoms with Crippen molar-refractivity contribution < 1.29 is 28.8 Å². The molecule has 1 atom stereocenters. The molecule has 2 rings (SSSR count). The van der Waals surface area contributed by atoms with Gasteiger partial charge in [-0.05, 0) is 49.7 Å². The number of hydrogen-bond donors (Lipinski definition) is 1. The topological polar surface area (TPSA) is 74.2 Å². The molecule has 0 amide bonds. The van der Waals surface area contributed by atoms with Crippen LogP contribution >= 0.6 is 0 Å². The number of carbonyl (C=O) groups is 1. The van der Waals surface area contributed by atoms with Gasteiger partial charge >= 0.3 is 5.97 Å². The Balaban J connectivity index is 1.87. The fraction of sp³-hybridized carbons (Fsp3) is 0.350. The maximum Gasteiger partial charge on any atom is 0.341 e. The Kier molecular flexibility index (Phi) is 7.76. The molecule has 6 nitrogen and oxygen atoms in total. The van der Waals surface area contributed by atoms with Gasteiger partial charge < -0.3 is 24.1 Å². The highest BCUT2D eigenvalue weighted by Gasteiger charge is 2.12. The number of rotatable bonds is 11. The Morgan fingerprint density at radius 2 is 1.69 bits per heavy atom. The number of aryl methyl sites for hydroxylation is 1. The zero-order chi connectivity index (χ0) is 18.8. The van der Waals surface area contributed by atoms with Gasteiger partial charge in [-0.25, -0.2) is 4.79 Å². The van der Waals surface area contributed by atoms with Crippen molar-refractivity contribution in [3.63, 3.8) is 0 Å². The highest BCUT2D eigenvalue weighted by atomic mass is 16.6. The average molecular weight is 360 g/mol. The number of ether oxygens (including phenoxy) is 4. The summed E-state index contributed by atoms with van der Waals surface area (Å²) in [4.78, 5) is 10.6. The first-order chi connectivity index (χ1) is 12.6. The van der Waals surface area contributed by atoms with Gasteiger partial charge in [0.05, 0.1) is 0 Å². The number of hydrogen-bond acceptors (Lipinski definition) is 5. The summed E-state index contributed by atoms with van der Waals surface area (Å²) in [6.45, 7) is 4.68. The second-order valence-electron chi connectivity index (χ2n) is 5.62. The molecule has 26 heavy (non-hydrogen) atoms. The standard InChI is InChI=1S/C20H24O6/c1-3-23-18(12-24-16-7-5-4-6-8-16)13-25-17-9-10-19(15(2)11-17)26-14-20(21)22/h4-11,18H,3,12-14H2,1-2H3,(H,21,22). The molecule has 0 fully saturated rings. The molecule has 0 saturated heterocycles. The lowest BCUT2D eigenvalue weighted by Gasteiger charge is -2.19. The lowest BCUT2D eigenvalue weighted by Crippen LogP contribution is -2.28. The van der Waals surface area contributed by atoms with Crippen molar-refractivity contribution in [2.75, 3.05) is 26.4 Å². The molecule has 1 unspecified atom stereocenters. The predicted molar refractivity (Wildman–Crippen MR) is 97.2 cm³/mol. The summed E-state index contributed by atoms with van der Waals surface area (Å²) < 4.78 is 22.4. The van der Waals surface area contributed by atoms with E-state index in [1.807, 2.05) is 44.2 Å². The fourth-order valence-electron chi connectivity index (χ4n) is 2.29. The van der Waals surface area contributed by atoms with E-state index in [-0.39, 0.29) is 12.7 Å². The predicted octanol–water partition coefficient (Wildman–Crippen LogP) is 3.32. The number of benzene rings is 2. The maximum absolute atomic E-state index is 10.6. The molecule has 2 aromatic rings. The third-order valence-electron chi connectivity index (χ3n) is 3.51. The van der Waals surface area contributed by atoms with Crippen LogP contribution in [0.1, 0.15) is 12.5 Å². The van der Waals surface area contributed by atoms with Gasteiger partial charge in [-0.1, -0.05) is 18.2 Å². The first kappa shape index (κ1) is 19.6. The van der Waals surface area contributed by atoms with Crippen LogP contribution in [0.4, 0.5) is 0 Å².